The highest BCUT2D eigenvalue weighted by Gasteiger charge is 2.42. The molecular weight excluding hydrogens is 661 g/mol. The van der Waals surface area contributed by atoms with Crippen LogP contribution in [0.15, 0.2) is 49.1 Å². The maximum absolute atomic E-state index is 15.8. The SMILES string of the molecule is Cc1cccc(Cl)c1C(=O)CC1(C)CCN(c2cnc(-c3cc(OCC4(F)CCN(C(=O)OC(C)(C)C)C4)cn4ncc(C#N)c34)cn2)CC1. The van der Waals surface area contributed by atoms with Crippen molar-refractivity contribution < 1.29 is 23.5 Å². The number of likely N-dealkylation sites (tertiary alicyclic amines) is 1. The molecule has 3 aromatic heterocycles. The van der Waals surface area contributed by atoms with Crippen molar-refractivity contribution >= 4 is 34.8 Å². The minimum Gasteiger partial charge on any atom is -0.489 e. The van der Waals surface area contributed by atoms with Crippen LogP contribution in [0.4, 0.5) is 15.0 Å². The number of nitrogens with zero attached hydrogens (tertiary/aromatic N) is 7. The molecule has 1 aromatic carbocycles. The fraction of sp³-hybridized carbons (Fsp3) is 0.459. The normalized spacial score (nSPS) is 19.0. The van der Waals surface area contributed by atoms with Crippen LogP contribution < -0.4 is 9.64 Å². The Morgan fingerprint density at radius 3 is 2.52 bits per heavy atom. The summed E-state index contributed by atoms with van der Waals surface area (Å²) in [6.45, 7) is 10.6. The van der Waals surface area contributed by atoms with Crippen molar-refractivity contribution in [1.82, 2.24) is 24.5 Å². The number of halogens is 2. The van der Waals surface area contributed by atoms with Gasteiger partial charge in [0.25, 0.3) is 0 Å². The zero-order valence-corrected chi connectivity index (χ0v) is 29.8. The van der Waals surface area contributed by atoms with Crippen LogP contribution in [0.1, 0.15) is 74.9 Å². The third kappa shape index (κ3) is 7.53. The highest BCUT2D eigenvalue weighted by molar-refractivity contribution is 6.34. The summed E-state index contributed by atoms with van der Waals surface area (Å²) in [6, 6.07) is 9.40. The van der Waals surface area contributed by atoms with Crippen molar-refractivity contribution in [3.05, 3.63) is 70.8 Å². The molecule has 0 radical (unpaired) electrons. The number of ether oxygens (including phenoxy) is 2. The molecule has 5 heterocycles. The Morgan fingerprint density at radius 1 is 1.10 bits per heavy atom. The molecule has 262 valence electrons. The van der Waals surface area contributed by atoms with Gasteiger partial charge in [0.2, 0.25) is 0 Å². The fourth-order valence-corrected chi connectivity index (χ4v) is 6.97. The molecule has 2 aliphatic heterocycles. The van der Waals surface area contributed by atoms with Gasteiger partial charge >= 0.3 is 6.09 Å². The minimum atomic E-state index is -1.76. The molecule has 6 rings (SSSR count). The zero-order valence-electron chi connectivity index (χ0n) is 29.0. The summed E-state index contributed by atoms with van der Waals surface area (Å²) in [5.74, 6) is 1.10. The van der Waals surface area contributed by atoms with Crippen LogP contribution in [-0.2, 0) is 4.74 Å². The summed E-state index contributed by atoms with van der Waals surface area (Å²) in [7, 11) is 0. The smallest absolute Gasteiger partial charge is 0.410 e. The highest BCUT2D eigenvalue weighted by Crippen LogP contribution is 2.38. The van der Waals surface area contributed by atoms with Gasteiger partial charge in [0.05, 0.1) is 53.1 Å². The number of hydrogen-bond acceptors (Lipinski definition) is 9. The van der Waals surface area contributed by atoms with Gasteiger partial charge in [-0.05, 0) is 63.6 Å². The van der Waals surface area contributed by atoms with E-state index in [4.69, 9.17) is 31.0 Å². The Balaban J connectivity index is 1.14. The van der Waals surface area contributed by atoms with E-state index in [0.29, 0.717) is 64.0 Å². The molecule has 0 aliphatic carbocycles. The molecule has 50 heavy (non-hydrogen) atoms. The van der Waals surface area contributed by atoms with Gasteiger partial charge in [0.1, 0.15) is 29.8 Å². The summed E-state index contributed by atoms with van der Waals surface area (Å²) < 4.78 is 28.7. The highest BCUT2D eigenvalue weighted by atomic mass is 35.5. The van der Waals surface area contributed by atoms with Crippen LogP contribution >= 0.6 is 11.6 Å². The Morgan fingerprint density at radius 2 is 1.86 bits per heavy atom. The molecule has 1 unspecified atom stereocenters. The van der Waals surface area contributed by atoms with Crippen LogP contribution in [0.2, 0.25) is 5.02 Å². The number of pyridine rings is 1. The topological polar surface area (TPSA) is 126 Å². The summed E-state index contributed by atoms with van der Waals surface area (Å²) in [4.78, 5) is 38.7. The van der Waals surface area contributed by atoms with E-state index in [1.54, 1.807) is 51.5 Å². The van der Waals surface area contributed by atoms with Crippen molar-refractivity contribution in [2.45, 2.75) is 71.6 Å². The molecule has 1 atom stereocenters. The average Bonchev–Trinajstić information content (AvgIpc) is 3.67. The Kier molecular flexibility index (Phi) is 9.48. The lowest BCUT2D eigenvalue weighted by atomic mass is 9.75. The van der Waals surface area contributed by atoms with Gasteiger partial charge in [-0.3, -0.25) is 9.78 Å². The minimum absolute atomic E-state index is 0.0648. The van der Waals surface area contributed by atoms with Gasteiger partial charge in [0.15, 0.2) is 11.5 Å². The first-order valence-corrected chi connectivity index (χ1v) is 17.1. The molecule has 0 N–H and O–H groups in total. The third-order valence-corrected chi connectivity index (χ3v) is 9.77. The standard InChI is InChI=1S/C37H41ClFN7O4/c1-24-7-6-8-28(38)32(24)30(47)16-36(5)9-12-44(13-10-36)31-20-41-29(19-42-31)27-15-26(21-46-33(27)25(17-40)18-43-46)49-23-37(39)11-14-45(22-37)34(48)50-35(2,3)4/h6-8,15,18-21H,9-14,16,22-23H2,1-5H3. The van der Waals surface area contributed by atoms with E-state index in [1.165, 1.54) is 15.6 Å². The number of anilines is 1. The number of benzene rings is 1. The number of carbonyl (C=O) groups is 2. The van der Waals surface area contributed by atoms with Crippen molar-refractivity contribution in [3.8, 4) is 23.1 Å². The number of amides is 1. The van der Waals surface area contributed by atoms with E-state index >= 15 is 4.39 Å². The predicted molar refractivity (Wildman–Crippen MR) is 187 cm³/mol. The lowest BCUT2D eigenvalue weighted by Crippen LogP contribution is -2.40. The molecule has 0 bridgehead atoms. The molecule has 2 saturated heterocycles. The second-order valence-electron chi connectivity index (χ2n) is 14.7. The Bertz CT molecular complexity index is 1940. The van der Waals surface area contributed by atoms with Gasteiger partial charge in [-0.15, -0.1) is 0 Å². The second kappa shape index (κ2) is 13.5. The Labute approximate surface area is 296 Å². The summed E-state index contributed by atoms with van der Waals surface area (Å²) >= 11 is 6.37. The van der Waals surface area contributed by atoms with Crippen molar-refractivity contribution in [2.75, 3.05) is 37.7 Å². The molecule has 0 saturated carbocycles. The molecule has 1 amide bonds. The summed E-state index contributed by atoms with van der Waals surface area (Å²) in [6.07, 6.45) is 7.98. The zero-order chi connectivity index (χ0) is 35.8. The van der Waals surface area contributed by atoms with Crippen molar-refractivity contribution in [1.29, 1.82) is 5.26 Å². The van der Waals surface area contributed by atoms with Gasteiger partial charge in [0, 0.05) is 43.6 Å². The number of aromatic nitrogens is 4. The van der Waals surface area contributed by atoms with E-state index < -0.39 is 17.4 Å². The van der Waals surface area contributed by atoms with Crippen LogP contribution in [0.5, 0.6) is 5.75 Å². The maximum atomic E-state index is 15.8. The number of nitriles is 1. The second-order valence-corrected chi connectivity index (χ2v) is 15.1. The largest absolute Gasteiger partial charge is 0.489 e. The van der Waals surface area contributed by atoms with E-state index in [2.05, 4.69) is 23.0 Å². The van der Waals surface area contributed by atoms with E-state index in [1.807, 2.05) is 19.1 Å². The van der Waals surface area contributed by atoms with E-state index in [0.717, 1.165) is 18.4 Å². The maximum Gasteiger partial charge on any atom is 0.410 e. The Hall–Kier alpha value is -4.76. The quantitative estimate of drug-likeness (QED) is 0.175. The van der Waals surface area contributed by atoms with Crippen molar-refractivity contribution in [3.63, 3.8) is 0 Å². The van der Waals surface area contributed by atoms with Crippen LogP contribution in [0.25, 0.3) is 16.8 Å². The third-order valence-electron chi connectivity index (χ3n) is 9.46. The number of piperidine rings is 1. The number of alkyl halides is 1. The van der Waals surface area contributed by atoms with Crippen molar-refractivity contribution in [2.24, 2.45) is 5.41 Å². The van der Waals surface area contributed by atoms with E-state index in [9.17, 15) is 14.9 Å². The number of Topliss-reactive ketones (excluding diaryl/α,β-unsaturated/α-hetero) is 1. The first kappa shape index (κ1) is 35.1. The molecule has 4 aromatic rings. The summed E-state index contributed by atoms with van der Waals surface area (Å²) in [5.41, 5.74) is 0.815. The lowest BCUT2D eigenvalue weighted by molar-refractivity contribution is 0.0230. The molecule has 13 heteroatoms. The van der Waals surface area contributed by atoms with Gasteiger partial charge in [-0.2, -0.15) is 10.4 Å². The monoisotopic (exact) mass is 701 g/mol. The number of hydrogen-bond donors (Lipinski definition) is 0. The number of carbonyl (C=O) groups excluding carboxylic acids is 2. The van der Waals surface area contributed by atoms with Gasteiger partial charge < -0.3 is 19.3 Å². The van der Waals surface area contributed by atoms with Crippen LogP contribution in [-0.4, -0.2) is 80.4 Å². The van der Waals surface area contributed by atoms with Crippen LogP contribution in [0, 0.1) is 23.7 Å². The number of aryl methyl sites for hydroxylation is 1. The molecular formula is C37H41ClFN7O4. The van der Waals surface area contributed by atoms with E-state index in [-0.39, 0.29) is 37.3 Å². The predicted octanol–water partition coefficient (Wildman–Crippen LogP) is 7.23. The summed E-state index contributed by atoms with van der Waals surface area (Å²) in [5, 5.41) is 14.6. The molecule has 2 fully saturated rings. The molecule has 2 aliphatic rings. The van der Waals surface area contributed by atoms with Gasteiger partial charge in [-0.25, -0.2) is 18.7 Å². The number of ketones is 1. The average molecular weight is 702 g/mol. The fourth-order valence-electron chi connectivity index (χ4n) is 6.64. The first-order chi connectivity index (χ1) is 23.7. The van der Waals surface area contributed by atoms with Gasteiger partial charge in [-0.1, -0.05) is 30.7 Å². The molecule has 11 nitrogen and oxygen atoms in total. The number of fused-ring (bicyclic) bond motifs is 1. The molecule has 0 spiro atoms. The lowest BCUT2D eigenvalue weighted by Gasteiger charge is -2.39. The van der Waals surface area contributed by atoms with Crippen LogP contribution in [0.3, 0.4) is 0 Å². The number of rotatable bonds is 8. The first-order valence-electron chi connectivity index (χ1n) is 16.7.